The molecule has 2 atom stereocenters. The van der Waals surface area contributed by atoms with Crippen molar-refractivity contribution in [1.29, 1.82) is 0 Å². The smallest absolute Gasteiger partial charge is 0.291 e. The molecule has 2 aromatic heterocycles. The zero-order valence-electron chi connectivity index (χ0n) is 23.5. The van der Waals surface area contributed by atoms with E-state index in [1.54, 1.807) is 10.8 Å². The number of hydrogen-bond acceptors (Lipinski definition) is 5. The molecule has 6 rings (SSSR count). The number of benzene rings is 2. The maximum Gasteiger partial charge on any atom is 0.417 e. The van der Waals surface area contributed by atoms with Gasteiger partial charge in [0.2, 0.25) is 10.0 Å². The van der Waals surface area contributed by atoms with Crippen LogP contribution in [0.3, 0.4) is 0 Å². The van der Waals surface area contributed by atoms with Gasteiger partial charge in [-0.3, -0.25) is 9.78 Å². The molecular weight excluding hydrogens is 622 g/mol. The molecule has 0 unspecified atom stereocenters. The number of carbonyl (C=O) groups excluding carboxylic acids is 1. The van der Waals surface area contributed by atoms with Crippen molar-refractivity contribution in [1.82, 2.24) is 19.1 Å². The van der Waals surface area contributed by atoms with Crippen LogP contribution in [0.4, 0.5) is 26.3 Å². The molecule has 0 spiro atoms. The Morgan fingerprint density at radius 3 is 2.38 bits per heavy atom. The average Bonchev–Trinajstić information content (AvgIpc) is 3.42. The first-order valence-corrected chi connectivity index (χ1v) is 15.2. The molecule has 2 aromatic carbocycles. The molecule has 4 aromatic rings. The Kier molecular flexibility index (Phi) is 7.47. The normalized spacial score (nSPS) is 20.0. The SMILES string of the molecule is CN([C@H]1CCC2=Cc3c(cnn3-c3ccc(F)cc3)C[C@]2(C(=O)c2ccc(C(F)(F)F)cn2)C1)S(=O)(=O)c1ccc(F)c(F)c1. The summed E-state index contributed by atoms with van der Waals surface area (Å²) in [6.07, 6.45) is -0.353. The van der Waals surface area contributed by atoms with Crippen LogP contribution >= 0.6 is 0 Å². The fourth-order valence-electron chi connectivity index (χ4n) is 6.12. The Balaban J connectivity index is 1.41. The van der Waals surface area contributed by atoms with E-state index in [0.29, 0.717) is 40.8 Å². The van der Waals surface area contributed by atoms with Crippen molar-refractivity contribution < 1.29 is 39.6 Å². The second kappa shape index (κ2) is 10.9. The van der Waals surface area contributed by atoms with Crippen molar-refractivity contribution in [2.24, 2.45) is 5.41 Å². The van der Waals surface area contributed by atoms with Gasteiger partial charge in [-0.1, -0.05) is 5.57 Å². The quantitative estimate of drug-likeness (QED) is 0.179. The Morgan fingerprint density at radius 1 is 1.00 bits per heavy atom. The maximum atomic E-state index is 14.3. The highest BCUT2D eigenvalue weighted by Crippen LogP contribution is 2.51. The molecular formula is C31H24F6N4O3S. The van der Waals surface area contributed by atoms with E-state index in [0.717, 1.165) is 22.5 Å². The molecule has 14 heteroatoms. The van der Waals surface area contributed by atoms with Gasteiger partial charge >= 0.3 is 6.18 Å². The summed E-state index contributed by atoms with van der Waals surface area (Å²) in [5, 5.41) is 4.43. The van der Waals surface area contributed by atoms with E-state index in [1.807, 2.05) is 0 Å². The number of pyridine rings is 1. The highest BCUT2D eigenvalue weighted by Gasteiger charge is 2.51. The molecule has 1 fully saturated rings. The molecule has 0 bridgehead atoms. The summed E-state index contributed by atoms with van der Waals surface area (Å²) in [5.41, 5.74) is -0.259. The first kappa shape index (κ1) is 30.7. The molecule has 45 heavy (non-hydrogen) atoms. The molecule has 0 radical (unpaired) electrons. The number of nitrogens with zero attached hydrogens (tertiary/aromatic N) is 4. The summed E-state index contributed by atoms with van der Waals surface area (Å²) < 4.78 is 110. The molecule has 2 aliphatic rings. The van der Waals surface area contributed by atoms with E-state index in [1.165, 1.54) is 37.5 Å². The third kappa shape index (κ3) is 5.35. The lowest BCUT2D eigenvalue weighted by Crippen LogP contribution is -2.49. The summed E-state index contributed by atoms with van der Waals surface area (Å²) in [6, 6.07) is 8.83. The number of fused-ring (bicyclic) bond motifs is 2. The molecule has 0 amide bonds. The number of hydrogen-bond donors (Lipinski definition) is 0. The van der Waals surface area contributed by atoms with Gasteiger partial charge in [0.15, 0.2) is 17.4 Å². The molecule has 2 aliphatic carbocycles. The Morgan fingerprint density at radius 2 is 1.73 bits per heavy atom. The molecule has 1 saturated carbocycles. The summed E-state index contributed by atoms with van der Waals surface area (Å²) in [5.74, 6) is -3.58. The van der Waals surface area contributed by atoms with Gasteiger partial charge in [0.05, 0.1) is 33.5 Å². The number of rotatable bonds is 6. The van der Waals surface area contributed by atoms with Crippen LogP contribution in [-0.2, 0) is 22.6 Å². The molecule has 234 valence electrons. The summed E-state index contributed by atoms with van der Waals surface area (Å²) >= 11 is 0. The van der Waals surface area contributed by atoms with E-state index in [-0.39, 0.29) is 31.4 Å². The van der Waals surface area contributed by atoms with E-state index >= 15 is 0 Å². The fourth-order valence-corrected chi connectivity index (χ4v) is 7.52. The van der Waals surface area contributed by atoms with E-state index in [4.69, 9.17) is 0 Å². The van der Waals surface area contributed by atoms with Crippen molar-refractivity contribution in [3.8, 4) is 5.69 Å². The topological polar surface area (TPSA) is 85.2 Å². The van der Waals surface area contributed by atoms with Crippen LogP contribution in [0.1, 0.15) is 46.6 Å². The minimum Gasteiger partial charge on any atom is -0.291 e. The summed E-state index contributed by atoms with van der Waals surface area (Å²) in [7, 11) is -3.06. The standard InChI is InChI=1S/C31H24F6N4O3S/c1-40(45(43,44)24-9-10-25(33)26(34)13-24)23-6-2-19-12-28-18(16-39-41(28)22-7-4-21(32)5-8-22)14-30(19,15-23)29(42)27-11-3-20(17-38-27)31(35,36)37/h3-5,7-13,16-17,23H,2,6,14-15H2,1H3/t23-,30-/m0/s1. The van der Waals surface area contributed by atoms with Crippen LogP contribution in [-0.4, -0.2) is 46.4 Å². The lowest BCUT2D eigenvalue weighted by atomic mass is 9.60. The molecule has 0 aliphatic heterocycles. The third-order valence-corrected chi connectivity index (χ3v) is 10.5. The van der Waals surface area contributed by atoms with Crippen LogP contribution in [0, 0.1) is 22.9 Å². The van der Waals surface area contributed by atoms with Crippen molar-refractivity contribution >= 4 is 21.9 Å². The second-order valence-electron chi connectivity index (χ2n) is 11.1. The zero-order chi connectivity index (χ0) is 32.3. The fraction of sp³-hybridized carbons (Fsp3) is 0.258. The van der Waals surface area contributed by atoms with Gasteiger partial charge in [0, 0.05) is 19.3 Å². The minimum absolute atomic E-state index is 0.0342. The number of aromatic nitrogens is 3. The maximum absolute atomic E-state index is 14.3. The number of sulfonamides is 1. The lowest BCUT2D eigenvalue weighted by Gasteiger charge is -2.45. The predicted molar refractivity (Wildman–Crippen MR) is 150 cm³/mol. The van der Waals surface area contributed by atoms with E-state index in [9.17, 15) is 39.6 Å². The highest BCUT2D eigenvalue weighted by atomic mass is 32.2. The van der Waals surface area contributed by atoms with Crippen LogP contribution in [0.15, 0.2) is 77.5 Å². The first-order valence-electron chi connectivity index (χ1n) is 13.8. The zero-order valence-corrected chi connectivity index (χ0v) is 24.3. The number of allylic oxidation sites excluding steroid dienone is 1. The van der Waals surface area contributed by atoms with Crippen molar-refractivity contribution in [3.63, 3.8) is 0 Å². The second-order valence-corrected chi connectivity index (χ2v) is 13.1. The number of alkyl halides is 3. The van der Waals surface area contributed by atoms with Gasteiger partial charge in [-0.2, -0.15) is 22.6 Å². The van der Waals surface area contributed by atoms with Gasteiger partial charge in [-0.15, -0.1) is 0 Å². The average molecular weight is 647 g/mol. The van der Waals surface area contributed by atoms with Crippen LogP contribution in [0.25, 0.3) is 11.8 Å². The summed E-state index contributed by atoms with van der Waals surface area (Å²) in [4.78, 5) is 17.7. The van der Waals surface area contributed by atoms with E-state index in [2.05, 4.69) is 10.1 Å². The van der Waals surface area contributed by atoms with Gasteiger partial charge in [0.1, 0.15) is 11.5 Å². The highest BCUT2D eigenvalue weighted by molar-refractivity contribution is 7.89. The number of Topliss-reactive ketones (excluding diaryl/α,β-unsaturated/α-hetero) is 1. The van der Waals surface area contributed by atoms with Crippen molar-refractivity contribution in [3.05, 3.63) is 113 Å². The van der Waals surface area contributed by atoms with Crippen LogP contribution in [0.5, 0.6) is 0 Å². The number of carbonyl (C=O) groups is 1. The summed E-state index contributed by atoms with van der Waals surface area (Å²) in [6.45, 7) is 0. The largest absolute Gasteiger partial charge is 0.417 e. The Labute approximate surface area is 253 Å². The van der Waals surface area contributed by atoms with Gasteiger partial charge < -0.3 is 0 Å². The molecule has 7 nitrogen and oxygen atoms in total. The lowest BCUT2D eigenvalue weighted by molar-refractivity contribution is -0.137. The molecule has 2 heterocycles. The van der Waals surface area contributed by atoms with Crippen LogP contribution < -0.4 is 0 Å². The molecule has 0 N–H and O–H groups in total. The van der Waals surface area contributed by atoms with Gasteiger partial charge in [-0.05, 0) is 91.9 Å². The predicted octanol–water partition coefficient (Wildman–Crippen LogP) is 6.39. The van der Waals surface area contributed by atoms with Crippen molar-refractivity contribution in [2.45, 2.75) is 42.8 Å². The molecule has 0 saturated heterocycles. The first-order chi connectivity index (χ1) is 21.2. The number of ketones is 1. The van der Waals surface area contributed by atoms with Crippen molar-refractivity contribution in [2.75, 3.05) is 7.05 Å². The number of halogens is 6. The van der Waals surface area contributed by atoms with Gasteiger partial charge in [0.25, 0.3) is 0 Å². The Hall–Kier alpha value is -4.30. The Bertz CT molecular complexity index is 1940. The van der Waals surface area contributed by atoms with Crippen LogP contribution in [0.2, 0.25) is 0 Å². The van der Waals surface area contributed by atoms with Gasteiger partial charge in [-0.25, -0.2) is 26.3 Å². The minimum atomic E-state index is -4.67. The van der Waals surface area contributed by atoms with E-state index < -0.39 is 61.4 Å². The third-order valence-electron chi connectivity index (χ3n) is 8.55. The monoisotopic (exact) mass is 646 g/mol.